The second-order valence-corrected chi connectivity index (χ2v) is 18.4. The quantitative estimate of drug-likeness (QED) is 0.0321. The molecule has 0 saturated carbocycles. The molecule has 1 amide bonds. The first-order chi connectivity index (χ1) is 32.0. The molecule has 0 aliphatic heterocycles. The van der Waals surface area contributed by atoms with E-state index in [1.165, 1.54) is 116 Å². The van der Waals surface area contributed by atoms with Gasteiger partial charge in [0.1, 0.15) is 6.10 Å². The summed E-state index contributed by atoms with van der Waals surface area (Å²) < 4.78 is 5.92. The zero-order valence-electron chi connectivity index (χ0n) is 42.6. The van der Waals surface area contributed by atoms with Gasteiger partial charge in [-0.1, -0.05) is 254 Å². The molecule has 0 aromatic heterocycles. The van der Waals surface area contributed by atoms with Crippen molar-refractivity contribution in [3.05, 3.63) is 85.1 Å². The van der Waals surface area contributed by atoms with E-state index in [0.717, 1.165) is 89.9 Å². The largest absolute Gasteiger partial charge is 0.462 e. The number of hydrogen-bond donors (Lipinski definition) is 3. The van der Waals surface area contributed by atoms with E-state index < -0.39 is 18.2 Å². The molecule has 3 N–H and O–H groups in total. The number of rotatable bonds is 48. The maximum absolute atomic E-state index is 13.2. The molecule has 0 saturated heterocycles. The lowest BCUT2D eigenvalue weighted by molar-refractivity contribution is -0.151. The molecule has 65 heavy (non-hydrogen) atoms. The number of hydrogen-bond acceptors (Lipinski definition) is 5. The van der Waals surface area contributed by atoms with E-state index in [1.807, 2.05) is 36.5 Å². The number of ether oxygens (including phenoxy) is 1. The molecule has 6 heteroatoms. The van der Waals surface area contributed by atoms with Crippen LogP contribution in [0.15, 0.2) is 85.1 Å². The molecular weight excluding hydrogens is 803 g/mol. The van der Waals surface area contributed by atoms with Crippen LogP contribution in [0.4, 0.5) is 0 Å². The highest BCUT2D eigenvalue weighted by atomic mass is 16.5. The van der Waals surface area contributed by atoms with Crippen LogP contribution >= 0.6 is 0 Å². The van der Waals surface area contributed by atoms with E-state index in [-0.39, 0.29) is 24.9 Å². The van der Waals surface area contributed by atoms with Crippen LogP contribution in [0.3, 0.4) is 0 Å². The molecule has 0 radical (unpaired) electrons. The van der Waals surface area contributed by atoms with Crippen LogP contribution in [0.1, 0.15) is 252 Å². The van der Waals surface area contributed by atoms with Gasteiger partial charge in [0.2, 0.25) is 5.91 Å². The first kappa shape index (κ1) is 62.0. The summed E-state index contributed by atoms with van der Waals surface area (Å²) in [5.41, 5.74) is 0. The maximum atomic E-state index is 13.2. The Hall–Kier alpha value is -2.96. The van der Waals surface area contributed by atoms with Crippen LogP contribution in [-0.4, -0.2) is 46.9 Å². The van der Waals surface area contributed by atoms with Crippen molar-refractivity contribution in [2.45, 2.75) is 270 Å². The fraction of sp³-hybridized carbons (Fsp3) is 0.729. The standard InChI is InChI=1S/C59H103NO5/c1-4-7-10-13-16-19-22-25-27-29-30-32-34-37-40-43-46-49-52-59(64)65-55(50-47-44-41-38-35-33-31-28-26-23-20-17-14-11-8-5-2)53-58(63)60-56(54-61)57(62)51-48-45-42-39-36-24-21-18-15-12-9-6-3/h11,14,17,20,23,26-33,35,55-57,61-62H,4-10,12-13,15-16,18-19,21-22,24-25,34,36-54H2,1-3H3,(H,60,63)/b14-11+,20-17+,26-23+,29-27+,31-28+,32-30+,35-33+. The lowest BCUT2D eigenvalue weighted by atomic mass is 10.0. The molecule has 374 valence electrons. The van der Waals surface area contributed by atoms with E-state index in [2.05, 4.69) is 74.7 Å². The maximum Gasteiger partial charge on any atom is 0.306 e. The van der Waals surface area contributed by atoms with Crippen LogP contribution in [0.5, 0.6) is 0 Å². The molecular formula is C59H103NO5. The van der Waals surface area contributed by atoms with Crippen molar-refractivity contribution in [2.24, 2.45) is 0 Å². The number of aliphatic hydroxyl groups is 2. The molecule has 0 aliphatic rings. The van der Waals surface area contributed by atoms with Gasteiger partial charge in [-0.2, -0.15) is 0 Å². The van der Waals surface area contributed by atoms with Crippen molar-refractivity contribution in [1.82, 2.24) is 5.32 Å². The fourth-order valence-electron chi connectivity index (χ4n) is 7.92. The Balaban J connectivity index is 4.70. The summed E-state index contributed by atoms with van der Waals surface area (Å²) in [6.07, 6.45) is 67.8. The van der Waals surface area contributed by atoms with Crippen molar-refractivity contribution >= 4 is 11.9 Å². The van der Waals surface area contributed by atoms with E-state index >= 15 is 0 Å². The summed E-state index contributed by atoms with van der Waals surface area (Å²) in [7, 11) is 0. The lowest BCUT2D eigenvalue weighted by Gasteiger charge is -2.24. The third-order valence-corrected chi connectivity index (χ3v) is 12.1. The Morgan fingerprint density at radius 1 is 0.446 bits per heavy atom. The minimum absolute atomic E-state index is 0.0395. The van der Waals surface area contributed by atoms with Crippen LogP contribution < -0.4 is 5.32 Å². The number of esters is 1. The highest BCUT2D eigenvalue weighted by molar-refractivity contribution is 5.77. The van der Waals surface area contributed by atoms with Gasteiger partial charge in [0.05, 0.1) is 25.2 Å². The van der Waals surface area contributed by atoms with Crippen LogP contribution in [-0.2, 0) is 14.3 Å². The minimum Gasteiger partial charge on any atom is -0.462 e. The molecule has 0 bridgehead atoms. The first-order valence-electron chi connectivity index (χ1n) is 27.4. The van der Waals surface area contributed by atoms with Gasteiger partial charge in [0, 0.05) is 6.42 Å². The zero-order valence-corrected chi connectivity index (χ0v) is 42.6. The minimum atomic E-state index is -0.807. The van der Waals surface area contributed by atoms with Gasteiger partial charge in [0.25, 0.3) is 0 Å². The molecule has 3 atom stereocenters. The molecule has 0 aliphatic carbocycles. The number of carbonyl (C=O) groups is 2. The highest BCUT2D eigenvalue weighted by Gasteiger charge is 2.24. The van der Waals surface area contributed by atoms with E-state index in [0.29, 0.717) is 19.3 Å². The third kappa shape index (κ3) is 47.3. The zero-order chi connectivity index (χ0) is 47.4. The van der Waals surface area contributed by atoms with E-state index in [9.17, 15) is 19.8 Å². The Bertz CT molecular complexity index is 1250. The second kappa shape index (κ2) is 52.0. The monoisotopic (exact) mass is 906 g/mol. The predicted octanol–water partition coefficient (Wildman–Crippen LogP) is 16.7. The van der Waals surface area contributed by atoms with Gasteiger partial charge in [-0.3, -0.25) is 9.59 Å². The molecule has 0 spiro atoms. The molecule has 0 fully saturated rings. The number of nitrogens with one attached hydrogen (secondary N) is 1. The molecule has 6 nitrogen and oxygen atoms in total. The van der Waals surface area contributed by atoms with Gasteiger partial charge in [-0.25, -0.2) is 0 Å². The summed E-state index contributed by atoms with van der Waals surface area (Å²) in [4.78, 5) is 26.2. The average Bonchev–Trinajstić information content (AvgIpc) is 3.30. The smallest absolute Gasteiger partial charge is 0.306 e. The van der Waals surface area contributed by atoms with E-state index in [1.54, 1.807) is 0 Å². The van der Waals surface area contributed by atoms with Crippen molar-refractivity contribution in [3.8, 4) is 0 Å². The summed E-state index contributed by atoms with van der Waals surface area (Å²) >= 11 is 0. The van der Waals surface area contributed by atoms with Crippen molar-refractivity contribution < 1.29 is 24.5 Å². The van der Waals surface area contributed by atoms with Crippen molar-refractivity contribution in [2.75, 3.05) is 6.61 Å². The topological polar surface area (TPSA) is 95.9 Å². The lowest BCUT2D eigenvalue weighted by Crippen LogP contribution is -2.46. The van der Waals surface area contributed by atoms with Gasteiger partial charge in [-0.15, -0.1) is 0 Å². The summed E-state index contributed by atoms with van der Waals surface area (Å²) in [5, 5.41) is 23.8. The van der Waals surface area contributed by atoms with Crippen LogP contribution in [0.2, 0.25) is 0 Å². The first-order valence-corrected chi connectivity index (χ1v) is 27.4. The Morgan fingerprint density at radius 3 is 1.28 bits per heavy atom. The highest BCUT2D eigenvalue weighted by Crippen LogP contribution is 2.17. The van der Waals surface area contributed by atoms with Gasteiger partial charge in [0.15, 0.2) is 0 Å². The summed E-state index contributed by atoms with van der Waals surface area (Å²) in [6.45, 7) is 6.38. The van der Waals surface area contributed by atoms with Gasteiger partial charge in [-0.05, 0) is 70.6 Å². The molecule has 0 aromatic rings. The number of unbranched alkanes of at least 4 members (excludes halogenated alkanes) is 27. The van der Waals surface area contributed by atoms with Crippen molar-refractivity contribution in [3.63, 3.8) is 0 Å². The summed E-state index contributed by atoms with van der Waals surface area (Å²) in [6, 6.07) is -0.723. The number of carbonyl (C=O) groups excluding carboxylic acids is 2. The Labute approximate surface area is 402 Å². The fourth-order valence-corrected chi connectivity index (χ4v) is 7.92. The normalized spacial score (nSPS) is 13.9. The molecule has 0 rings (SSSR count). The van der Waals surface area contributed by atoms with Crippen LogP contribution in [0, 0.1) is 0 Å². The molecule has 0 aromatic carbocycles. The number of aliphatic hydroxyl groups excluding tert-OH is 2. The second-order valence-electron chi connectivity index (χ2n) is 18.4. The van der Waals surface area contributed by atoms with Gasteiger partial charge < -0.3 is 20.3 Å². The SMILES string of the molecule is CCC/C=C/C=C/C=C/C=C/C=C/CCCCCC(CC(=O)NC(CO)C(O)CCCCCCCCCCCCCC)OC(=O)CCCCCCC/C=C/C=C/CCCCCCCCC. The molecule has 3 unspecified atom stereocenters. The molecule has 0 heterocycles. The Kier molecular flexibility index (Phi) is 49.6. The van der Waals surface area contributed by atoms with Gasteiger partial charge >= 0.3 is 5.97 Å². The predicted molar refractivity (Wildman–Crippen MR) is 282 cm³/mol. The van der Waals surface area contributed by atoms with E-state index in [4.69, 9.17) is 4.74 Å². The van der Waals surface area contributed by atoms with Crippen LogP contribution in [0.25, 0.3) is 0 Å². The Morgan fingerprint density at radius 2 is 0.815 bits per heavy atom. The van der Waals surface area contributed by atoms with Crippen molar-refractivity contribution in [1.29, 1.82) is 0 Å². The summed E-state index contributed by atoms with van der Waals surface area (Å²) in [5.74, 6) is -0.535. The number of allylic oxidation sites excluding steroid dienone is 14. The average molecular weight is 906 g/mol. The number of amides is 1. The third-order valence-electron chi connectivity index (χ3n) is 12.1.